The lowest BCUT2D eigenvalue weighted by Gasteiger charge is -2.20. The molecule has 0 atom stereocenters. The minimum atomic E-state index is 0.746. The molecule has 0 saturated heterocycles. The van der Waals surface area contributed by atoms with E-state index in [9.17, 15) is 0 Å². The van der Waals surface area contributed by atoms with Crippen LogP contribution in [0.4, 0.5) is 5.69 Å². The highest BCUT2D eigenvalue weighted by Crippen LogP contribution is 2.37. The standard InChI is InChI=1S/C12H21N3S/c1-3-10-11(13)12(15(2)14-10)16-9-7-5-4-6-8-9/h9H,3-8,13H2,1-2H3. The molecule has 0 amide bonds. The van der Waals surface area contributed by atoms with E-state index in [0.717, 1.165) is 23.1 Å². The third-order valence-electron chi connectivity index (χ3n) is 3.27. The molecule has 4 heteroatoms. The number of nitrogens with two attached hydrogens (primary N) is 1. The average Bonchev–Trinajstić information content (AvgIpc) is 2.58. The van der Waals surface area contributed by atoms with Crippen molar-refractivity contribution in [2.24, 2.45) is 7.05 Å². The van der Waals surface area contributed by atoms with Gasteiger partial charge in [-0.3, -0.25) is 4.68 Å². The Hall–Kier alpha value is -0.640. The van der Waals surface area contributed by atoms with Crippen molar-refractivity contribution in [3.05, 3.63) is 5.69 Å². The molecule has 16 heavy (non-hydrogen) atoms. The number of anilines is 1. The fourth-order valence-corrected chi connectivity index (χ4v) is 3.64. The quantitative estimate of drug-likeness (QED) is 0.882. The normalized spacial score (nSPS) is 17.9. The molecule has 0 aromatic carbocycles. The van der Waals surface area contributed by atoms with Crippen LogP contribution in [0.1, 0.15) is 44.7 Å². The Morgan fingerprint density at radius 3 is 2.62 bits per heavy atom. The van der Waals surface area contributed by atoms with Crippen LogP contribution in [-0.4, -0.2) is 15.0 Å². The van der Waals surface area contributed by atoms with Gasteiger partial charge in [0.2, 0.25) is 0 Å². The SMILES string of the molecule is CCc1nn(C)c(SC2CCCCC2)c1N. The maximum absolute atomic E-state index is 6.13. The third kappa shape index (κ3) is 2.37. The summed E-state index contributed by atoms with van der Waals surface area (Å²) in [6.07, 6.45) is 7.72. The van der Waals surface area contributed by atoms with E-state index in [1.54, 1.807) is 0 Å². The van der Waals surface area contributed by atoms with E-state index in [1.807, 2.05) is 23.5 Å². The molecule has 1 aromatic heterocycles. The number of rotatable bonds is 3. The highest BCUT2D eigenvalue weighted by Gasteiger charge is 2.19. The largest absolute Gasteiger partial charge is 0.395 e. The van der Waals surface area contributed by atoms with Gasteiger partial charge in [0.05, 0.1) is 11.4 Å². The first-order valence-corrected chi connectivity index (χ1v) is 7.08. The lowest BCUT2D eigenvalue weighted by atomic mass is 10.0. The van der Waals surface area contributed by atoms with Crippen LogP contribution in [0.15, 0.2) is 5.03 Å². The maximum atomic E-state index is 6.13. The van der Waals surface area contributed by atoms with Gasteiger partial charge in [-0.15, -0.1) is 11.8 Å². The van der Waals surface area contributed by atoms with Crippen molar-refractivity contribution < 1.29 is 0 Å². The number of hydrogen-bond donors (Lipinski definition) is 1. The topological polar surface area (TPSA) is 43.8 Å². The monoisotopic (exact) mass is 239 g/mol. The lowest BCUT2D eigenvalue weighted by Crippen LogP contribution is -2.09. The van der Waals surface area contributed by atoms with Gasteiger partial charge >= 0.3 is 0 Å². The molecule has 1 aliphatic rings. The van der Waals surface area contributed by atoms with E-state index in [-0.39, 0.29) is 0 Å². The minimum Gasteiger partial charge on any atom is -0.395 e. The summed E-state index contributed by atoms with van der Waals surface area (Å²) in [5.74, 6) is 0. The van der Waals surface area contributed by atoms with Crippen molar-refractivity contribution in [1.82, 2.24) is 9.78 Å². The number of nitrogen functional groups attached to an aromatic ring is 1. The zero-order chi connectivity index (χ0) is 11.5. The van der Waals surface area contributed by atoms with E-state index in [2.05, 4.69) is 12.0 Å². The first kappa shape index (κ1) is 11.8. The minimum absolute atomic E-state index is 0.746. The molecule has 0 unspecified atom stereocenters. The number of nitrogens with zero attached hydrogens (tertiary/aromatic N) is 2. The number of aromatic nitrogens is 2. The van der Waals surface area contributed by atoms with Crippen LogP contribution in [0.5, 0.6) is 0 Å². The summed E-state index contributed by atoms with van der Waals surface area (Å²) in [5.41, 5.74) is 8.07. The Labute approximate surface area is 102 Å². The van der Waals surface area contributed by atoms with Gasteiger partial charge in [0, 0.05) is 12.3 Å². The zero-order valence-corrected chi connectivity index (χ0v) is 11.0. The summed E-state index contributed by atoms with van der Waals surface area (Å²) < 4.78 is 1.95. The summed E-state index contributed by atoms with van der Waals surface area (Å²) in [5, 5.41) is 6.38. The second-order valence-electron chi connectivity index (χ2n) is 4.52. The first-order chi connectivity index (χ1) is 7.72. The molecule has 1 saturated carbocycles. The maximum Gasteiger partial charge on any atom is 0.117 e. The number of hydrogen-bond acceptors (Lipinski definition) is 3. The van der Waals surface area contributed by atoms with Gasteiger partial charge in [-0.2, -0.15) is 5.10 Å². The molecule has 0 aliphatic heterocycles. The van der Waals surface area contributed by atoms with E-state index < -0.39 is 0 Å². The van der Waals surface area contributed by atoms with Crippen molar-refractivity contribution in [3.63, 3.8) is 0 Å². The summed E-state index contributed by atoms with van der Waals surface area (Å²) in [6.45, 7) is 2.10. The molecule has 1 aromatic rings. The molecule has 1 fully saturated rings. The van der Waals surface area contributed by atoms with Gasteiger partial charge in [-0.05, 0) is 19.3 Å². The van der Waals surface area contributed by atoms with Crippen molar-refractivity contribution in [1.29, 1.82) is 0 Å². The van der Waals surface area contributed by atoms with Gasteiger partial charge in [0.15, 0.2) is 0 Å². The van der Waals surface area contributed by atoms with E-state index in [1.165, 1.54) is 37.1 Å². The predicted octanol–water partition coefficient (Wildman–Crippen LogP) is 2.99. The molecule has 1 aliphatic carbocycles. The van der Waals surface area contributed by atoms with Crippen molar-refractivity contribution in [2.75, 3.05) is 5.73 Å². The highest BCUT2D eigenvalue weighted by atomic mass is 32.2. The van der Waals surface area contributed by atoms with Crippen LogP contribution >= 0.6 is 11.8 Å². The smallest absolute Gasteiger partial charge is 0.117 e. The van der Waals surface area contributed by atoms with Crippen LogP contribution in [0.2, 0.25) is 0 Å². The van der Waals surface area contributed by atoms with Gasteiger partial charge < -0.3 is 5.73 Å². The molecule has 1 heterocycles. The van der Waals surface area contributed by atoms with Crippen molar-refractivity contribution in [2.45, 2.75) is 55.7 Å². The molecular formula is C12H21N3S. The van der Waals surface area contributed by atoms with Gasteiger partial charge in [0.1, 0.15) is 5.03 Å². The predicted molar refractivity (Wildman–Crippen MR) is 69.7 cm³/mol. The molecule has 0 bridgehead atoms. The molecule has 90 valence electrons. The Kier molecular flexibility index (Phi) is 3.79. The Balaban J connectivity index is 2.10. The lowest BCUT2D eigenvalue weighted by molar-refractivity contribution is 0.514. The summed E-state index contributed by atoms with van der Waals surface area (Å²) in [6, 6.07) is 0. The van der Waals surface area contributed by atoms with Gasteiger partial charge in [-0.1, -0.05) is 26.2 Å². The van der Waals surface area contributed by atoms with E-state index >= 15 is 0 Å². The third-order valence-corrected chi connectivity index (χ3v) is 4.78. The molecule has 2 rings (SSSR count). The highest BCUT2D eigenvalue weighted by molar-refractivity contribution is 8.00. The van der Waals surface area contributed by atoms with E-state index in [4.69, 9.17) is 5.73 Å². The summed E-state index contributed by atoms with van der Waals surface area (Å²) in [7, 11) is 2.00. The van der Waals surface area contributed by atoms with Crippen LogP contribution in [0, 0.1) is 0 Å². The van der Waals surface area contributed by atoms with Crippen molar-refractivity contribution >= 4 is 17.4 Å². The van der Waals surface area contributed by atoms with Crippen LogP contribution in [0.3, 0.4) is 0 Å². The summed E-state index contributed by atoms with van der Waals surface area (Å²) in [4.78, 5) is 0. The first-order valence-electron chi connectivity index (χ1n) is 6.20. The number of aryl methyl sites for hydroxylation is 2. The second-order valence-corrected chi connectivity index (χ2v) is 5.81. The van der Waals surface area contributed by atoms with Gasteiger partial charge in [-0.25, -0.2) is 0 Å². The molecule has 2 N–H and O–H groups in total. The Morgan fingerprint density at radius 2 is 2.06 bits per heavy atom. The molecule has 0 radical (unpaired) electrons. The molecule has 3 nitrogen and oxygen atoms in total. The van der Waals surface area contributed by atoms with Crippen LogP contribution in [0.25, 0.3) is 0 Å². The Bertz CT molecular complexity index is 353. The average molecular weight is 239 g/mol. The Morgan fingerprint density at radius 1 is 1.38 bits per heavy atom. The van der Waals surface area contributed by atoms with Gasteiger partial charge in [0.25, 0.3) is 0 Å². The second kappa shape index (κ2) is 5.13. The summed E-state index contributed by atoms with van der Waals surface area (Å²) >= 11 is 1.93. The fraction of sp³-hybridized carbons (Fsp3) is 0.750. The fourth-order valence-electron chi connectivity index (χ4n) is 2.32. The van der Waals surface area contributed by atoms with Crippen LogP contribution < -0.4 is 5.73 Å². The molecule has 0 spiro atoms. The number of thioether (sulfide) groups is 1. The van der Waals surface area contributed by atoms with E-state index in [0.29, 0.717) is 0 Å². The van der Waals surface area contributed by atoms with Crippen molar-refractivity contribution in [3.8, 4) is 0 Å². The van der Waals surface area contributed by atoms with Crippen LogP contribution in [-0.2, 0) is 13.5 Å². The zero-order valence-electron chi connectivity index (χ0n) is 10.2. The molecular weight excluding hydrogens is 218 g/mol.